The van der Waals surface area contributed by atoms with Gasteiger partial charge in [0.25, 0.3) is 5.91 Å². The van der Waals surface area contributed by atoms with Crippen molar-refractivity contribution in [2.45, 2.75) is 6.92 Å². The van der Waals surface area contributed by atoms with Crippen LogP contribution in [0.3, 0.4) is 0 Å². The van der Waals surface area contributed by atoms with Crippen LogP contribution in [0.15, 0.2) is 30.3 Å². The summed E-state index contributed by atoms with van der Waals surface area (Å²) < 4.78 is 15.6. The van der Waals surface area contributed by atoms with Gasteiger partial charge in [0, 0.05) is 16.7 Å². The van der Waals surface area contributed by atoms with E-state index < -0.39 is 5.91 Å². The fourth-order valence-electron chi connectivity index (χ4n) is 2.42. The van der Waals surface area contributed by atoms with Gasteiger partial charge in [-0.05, 0) is 36.8 Å². The summed E-state index contributed by atoms with van der Waals surface area (Å²) in [6.45, 7) is 1.75. The molecule has 2 amide bonds. The molecule has 0 saturated heterocycles. The van der Waals surface area contributed by atoms with Crippen LogP contribution in [0.2, 0.25) is 5.02 Å². The van der Waals surface area contributed by atoms with E-state index >= 15 is 0 Å². The van der Waals surface area contributed by atoms with Gasteiger partial charge in [-0.25, -0.2) is 0 Å². The Morgan fingerprint density at radius 3 is 2.73 bits per heavy atom. The van der Waals surface area contributed by atoms with Crippen molar-refractivity contribution in [3.05, 3.63) is 46.5 Å². The third-order valence-electron chi connectivity index (χ3n) is 3.80. The summed E-state index contributed by atoms with van der Waals surface area (Å²) in [5, 5.41) is 5.79. The number of benzene rings is 2. The van der Waals surface area contributed by atoms with E-state index in [0.717, 1.165) is 5.56 Å². The monoisotopic (exact) mass is 376 g/mol. The van der Waals surface area contributed by atoms with Crippen LogP contribution in [0, 0.1) is 6.92 Å². The SMILES string of the molecule is COc1cc(Cl)c(C)cc1NC(=O)CNC(=O)c1ccc2c(c1)OCO2. The zero-order chi connectivity index (χ0) is 18.7. The van der Waals surface area contributed by atoms with Crippen LogP contribution in [0.4, 0.5) is 5.69 Å². The van der Waals surface area contributed by atoms with Gasteiger partial charge < -0.3 is 24.8 Å². The number of rotatable bonds is 5. The van der Waals surface area contributed by atoms with E-state index in [2.05, 4.69) is 10.6 Å². The van der Waals surface area contributed by atoms with Crippen LogP contribution in [0.5, 0.6) is 17.2 Å². The number of carbonyl (C=O) groups excluding carboxylic acids is 2. The van der Waals surface area contributed by atoms with Gasteiger partial charge in [-0.1, -0.05) is 11.6 Å². The number of methoxy groups -OCH3 is 1. The molecule has 1 aliphatic heterocycles. The summed E-state index contributed by atoms with van der Waals surface area (Å²) in [6.07, 6.45) is 0. The fourth-order valence-corrected chi connectivity index (χ4v) is 2.58. The maximum absolute atomic E-state index is 12.2. The molecule has 0 fully saturated rings. The topological polar surface area (TPSA) is 85.9 Å². The van der Waals surface area contributed by atoms with Crippen molar-refractivity contribution in [3.8, 4) is 17.2 Å². The van der Waals surface area contributed by atoms with Gasteiger partial charge in [0.05, 0.1) is 19.3 Å². The number of aryl methyl sites for hydroxylation is 1. The lowest BCUT2D eigenvalue weighted by atomic mass is 10.2. The van der Waals surface area contributed by atoms with Crippen molar-refractivity contribution in [2.75, 3.05) is 25.8 Å². The Kier molecular flexibility index (Phi) is 5.18. The molecule has 26 heavy (non-hydrogen) atoms. The van der Waals surface area contributed by atoms with Gasteiger partial charge in [-0.15, -0.1) is 0 Å². The molecule has 1 heterocycles. The van der Waals surface area contributed by atoms with Crippen molar-refractivity contribution in [3.63, 3.8) is 0 Å². The molecule has 0 aromatic heterocycles. The van der Waals surface area contributed by atoms with Crippen LogP contribution in [-0.4, -0.2) is 32.3 Å². The maximum Gasteiger partial charge on any atom is 0.251 e. The molecule has 0 radical (unpaired) electrons. The smallest absolute Gasteiger partial charge is 0.251 e. The summed E-state index contributed by atoms with van der Waals surface area (Å²) in [4.78, 5) is 24.3. The molecular weight excluding hydrogens is 360 g/mol. The number of fused-ring (bicyclic) bond motifs is 1. The van der Waals surface area contributed by atoms with Crippen LogP contribution >= 0.6 is 11.6 Å². The molecule has 0 bridgehead atoms. The third-order valence-corrected chi connectivity index (χ3v) is 4.21. The Bertz CT molecular complexity index is 869. The second kappa shape index (κ2) is 7.53. The molecule has 0 saturated carbocycles. The highest BCUT2D eigenvalue weighted by molar-refractivity contribution is 6.31. The van der Waals surface area contributed by atoms with Gasteiger partial charge >= 0.3 is 0 Å². The van der Waals surface area contributed by atoms with E-state index in [-0.39, 0.29) is 19.2 Å². The molecule has 0 atom stereocenters. The highest BCUT2D eigenvalue weighted by Gasteiger charge is 2.17. The molecule has 2 aromatic carbocycles. The Morgan fingerprint density at radius 1 is 1.19 bits per heavy atom. The predicted molar refractivity (Wildman–Crippen MR) is 96.3 cm³/mol. The third kappa shape index (κ3) is 3.83. The summed E-state index contributed by atoms with van der Waals surface area (Å²) in [6, 6.07) is 8.16. The van der Waals surface area contributed by atoms with Gasteiger partial charge in [-0.3, -0.25) is 9.59 Å². The van der Waals surface area contributed by atoms with Crippen LogP contribution in [-0.2, 0) is 4.79 Å². The number of halogens is 1. The first-order chi connectivity index (χ1) is 12.5. The maximum atomic E-state index is 12.2. The highest BCUT2D eigenvalue weighted by atomic mass is 35.5. The normalized spacial score (nSPS) is 11.8. The summed E-state index contributed by atoms with van der Waals surface area (Å²) in [5.41, 5.74) is 1.66. The molecule has 0 aliphatic carbocycles. The molecule has 1 aliphatic rings. The van der Waals surface area contributed by atoms with E-state index in [4.69, 9.17) is 25.8 Å². The van der Waals surface area contributed by atoms with Crippen molar-refractivity contribution in [1.82, 2.24) is 5.32 Å². The second-order valence-corrected chi connectivity index (χ2v) is 6.01. The molecule has 3 rings (SSSR count). The average molecular weight is 377 g/mol. The van der Waals surface area contributed by atoms with Crippen LogP contribution in [0.25, 0.3) is 0 Å². The molecule has 2 N–H and O–H groups in total. The van der Waals surface area contributed by atoms with E-state index in [1.807, 2.05) is 6.92 Å². The lowest BCUT2D eigenvalue weighted by molar-refractivity contribution is -0.115. The molecule has 7 nitrogen and oxygen atoms in total. The van der Waals surface area contributed by atoms with Gasteiger partial charge in [0.15, 0.2) is 11.5 Å². The number of amides is 2. The molecule has 136 valence electrons. The number of anilines is 1. The molecule has 0 unspecified atom stereocenters. The molecule has 2 aromatic rings. The Morgan fingerprint density at radius 2 is 1.96 bits per heavy atom. The minimum Gasteiger partial charge on any atom is -0.495 e. The second-order valence-electron chi connectivity index (χ2n) is 5.60. The fraction of sp³-hybridized carbons (Fsp3) is 0.222. The van der Waals surface area contributed by atoms with Crippen LogP contribution in [0.1, 0.15) is 15.9 Å². The van der Waals surface area contributed by atoms with Gasteiger partial charge in [0.1, 0.15) is 5.75 Å². The molecule has 8 heteroatoms. The Balaban J connectivity index is 1.61. The van der Waals surface area contributed by atoms with E-state index in [1.54, 1.807) is 30.3 Å². The van der Waals surface area contributed by atoms with E-state index in [0.29, 0.717) is 33.5 Å². The average Bonchev–Trinajstić information content (AvgIpc) is 3.10. The minimum absolute atomic E-state index is 0.130. The number of hydrogen-bond donors (Lipinski definition) is 2. The van der Waals surface area contributed by atoms with Crippen molar-refractivity contribution in [1.29, 1.82) is 0 Å². The van der Waals surface area contributed by atoms with Crippen molar-refractivity contribution in [2.24, 2.45) is 0 Å². The number of nitrogens with one attached hydrogen (secondary N) is 2. The van der Waals surface area contributed by atoms with Gasteiger partial charge in [0.2, 0.25) is 12.7 Å². The molecular formula is C18H17ClN2O5. The highest BCUT2D eigenvalue weighted by Crippen LogP contribution is 2.32. The first-order valence-electron chi connectivity index (χ1n) is 7.80. The molecule has 0 spiro atoms. The van der Waals surface area contributed by atoms with E-state index in [1.165, 1.54) is 7.11 Å². The number of carbonyl (C=O) groups is 2. The lowest BCUT2D eigenvalue weighted by Crippen LogP contribution is -2.32. The minimum atomic E-state index is -0.391. The Hall–Kier alpha value is -2.93. The van der Waals surface area contributed by atoms with Crippen LogP contribution < -0.4 is 24.8 Å². The number of ether oxygens (including phenoxy) is 3. The standard InChI is InChI=1S/C18H17ClN2O5/c1-10-5-13(15(24-2)7-12(10)19)21-17(22)8-20-18(23)11-3-4-14-16(6-11)26-9-25-14/h3-7H,8-9H2,1-2H3,(H,20,23)(H,21,22). The van der Waals surface area contributed by atoms with Crippen molar-refractivity contribution < 1.29 is 23.8 Å². The quantitative estimate of drug-likeness (QED) is 0.838. The summed E-state index contributed by atoms with van der Waals surface area (Å²) in [7, 11) is 1.48. The van der Waals surface area contributed by atoms with Gasteiger partial charge in [-0.2, -0.15) is 0 Å². The Labute approximate surface area is 155 Å². The zero-order valence-electron chi connectivity index (χ0n) is 14.2. The lowest BCUT2D eigenvalue weighted by Gasteiger charge is -2.12. The zero-order valence-corrected chi connectivity index (χ0v) is 15.0. The first-order valence-corrected chi connectivity index (χ1v) is 8.17. The number of hydrogen-bond acceptors (Lipinski definition) is 5. The van der Waals surface area contributed by atoms with Crippen molar-refractivity contribution >= 4 is 29.1 Å². The first kappa shape index (κ1) is 17.9. The summed E-state index contributed by atoms with van der Waals surface area (Å²) >= 11 is 6.04. The predicted octanol–water partition coefficient (Wildman–Crippen LogP) is 2.75. The summed E-state index contributed by atoms with van der Waals surface area (Å²) in [5.74, 6) is 0.751. The largest absolute Gasteiger partial charge is 0.495 e. The van der Waals surface area contributed by atoms with E-state index in [9.17, 15) is 9.59 Å².